The van der Waals surface area contributed by atoms with Gasteiger partial charge in [0.15, 0.2) is 0 Å². The Labute approximate surface area is 236 Å². The Morgan fingerprint density at radius 2 is 0.568 bits per heavy atom. The van der Waals surface area contributed by atoms with Gasteiger partial charge in [-0.2, -0.15) is 0 Å². The molecule has 0 atom stereocenters. The summed E-state index contributed by atoms with van der Waals surface area (Å²) in [5.41, 5.74) is 0. The summed E-state index contributed by atoms with van der Waals surface area (Å²) in [4.78, 5) is 2.77. The molecular weight excluding hydrogens is 450 g/mol. The number of nitrogens with zero attached hydrogens (tertiary/aromatic N) is 1. The minimum atomic E-state index is 1.19. The van der Waals surface area contributed by atoms with Crippen LogP contribution in [0.2, 0.25) is 0 Å². The lowest BCUT2D eigenvalue weighted by molar-refractivity contribution is 0.258. The zero-order valence-corrected chi connectivity index (χ0v) is 26.4. The molecule has 0 radical (unpaired) electrons. The summed E-state index contributed by atoms with van der Waals surface area (Å²) in [5.74, 6) is 0. The Balaban J connectivity index is 3.87. The first-order chi connectivity index (χ1) is 18.3. The van der Waals surface area contributed by atoms with Crippen LogP contribution in [0.1, 0.15) is 175 Å². The Hall–Kier alpha value is -0.120. The van der Waals surface area contributed by atoms with Crippen molar-refractivity contribution in [1.82, 2.24) is 15.5 Å². The number of nitrogens with one attached hydrogen (secondary N) is 2. The fourth-order valence-corrected chi connectivity index (χ4v) is 5.32. The van der Waals surface area contributed by atoms with Crippen molar-refractivity contribution in [3.05, 3.63) is 0 Å². The molecule has 224 valence electrons. The van der Waals surface area contributed by atoms with E-state index in [2.05, 4.69) is 36.3 Å². The largest absolute Gasteiger partial charge is 0.317 e. The molecule has 0 aliphatic carbocycles. The van der Waals surface area contributed by atoms with Gasteiger partial charge in [0, 0.05) is 0 Å². The topological polar surface area (TPSA) is 27.3 Å². The summed E-state index contributed by atoms with van der Waals surface area (Å²) in [6.07, 6.45) is 33.7. The van der Waals surface area contributed by atoms with E-state index in [1.54, 1.807) is 0 Å². The van der Waals surface area contributed by atoms with E-state index in [9.17, 15) is 0 Å². The molecule has 0 amide bonds. The van der Waals surface area contributed by atoms with Gasteiger partial charge in [-0.1, -0.05) is 143 Å². The third-order valence-corrected chi connectivity index (χ3v) is 7.90. The molecule has 2 N–H and O–H groups in total. The van der Waals surface area contributed by atoms with Crippen molar-refractivity contribution in [2.45, 2.75) is 175 Å². The molecule has 0 rings (SSSR count). The molecule has 0 fully saturated rings. The summed E-state index contributed by atoms with van der Waals surface area (Å²) in [6.45, 7) is 15.6. The third-order valence-electron chi connectivity index (χ3n) is 7.90. The Bertz CT molecular complexity index is 330. The van der Waals surface area contributed by atoms with Gasteiger partial charge in [-0.25, -0.2) is 0 Å². The monoisotopic (exact) mass is 524 g/mol. The predicted octanol–water partition coefficient (Wildman–Crippen LogP) is 9.89. The van der Waals surface area contributed by atoms with E-state index < -0.39 is 0 Å². The number of rotatable bonds is 33. The van der Waals surface area contributed by atoms with Crippen LogP contribution in [0, 0.1) is 0 Å². The highest BCUT2D eigenvalue weighted by molar-refractivity contribution is 4.62. The Kier molecular flexibility index (Phi) is 33.8. The average molecular weight is 524 g/mol. The minimum absolute atomic E-state index is 1.19. The fourth-order valence-electron chi connectivity index (χ4n) is 5.32. The normalized spacial score (nSPS) is 11.7. The molecule has 0 aromatic heterocycles. The van der Waals surface area contributed by atoms with E-state index in [-0.39, 0.29) is 0 Å². The first-order valence-corrected chi connectivity index (χ1v) is 17.5. The zero-order valence-electron chi connectivity index (χ0n) is 26.4. The van der Waals surface area contributed by atoms with Crippen molar-refractivity contribution >= 4 is 0 Å². The molecule has 0 bridgehead atoms. The van der Waals surface area contributed by atoms with Crippen LogP contribution in [0.3, 0.4) is 0 Å². The van der Waals surface area contributed by atoms with Crippen LogP contribution in [0.4, 0.5) is 0 Å². The van der Waals surface area contributed by atoms with Crippen LogP contribution in [-0.2, 0) is 0 Å². The molecule has 0 aliphatic rings. The third kappa shape index (κ3) is 32.0. The predicted molar refractivity (Wildman–Crippen MR) is 170 cm³/mol. The Morgan fingerprint density at radius 3 is 0.946 bits per heavy atom. The fraction of sp³-hybridized carbons (Fsp3) is 1.00. The van der Waals surface area contributed by atoms with E-state index >= 15 is 0 Å². The zero-order chi connectivity index (χ0) is 26.9. The van der Waals surface area contributed by atoms with Crippen LogP contribution in [0.25, 0.3) is 0 Å². The van der Waals surface area contributed by atoms with Gasteiger partial charge < -0.3 is 15.5 Å². The summed E-state index contributed by atoms with van der Waals surface area (Å²) in [7, 11) is 0. The molecule has 0 aromatic carbocycles. The second-order valence-corrected chi connectivity index (χ2v) is 11.8. The molecule has 0 spiro atoms. The number of hydrogen-bond donors (Lipinski definition) is 2. The molecule has 0 saturated heterocycles. The number of hydrogen-bond acceptors (Lipinski definition) is 3. The van der Waals surface area contributed by atoms with Crippen molar-refractivity contribution in [1.29, 1.82) is 0 Å². The van der Waals surface area contributed by atoms with Crippen LogP contribution >= 0.6 is 0 Å². The molecule has 0 saturated carbocycles. The van der Waals surface area contributed by atoms with Crippen molar-refractivity contribution < 1.29 is 0 Å². The minimum Gasteiger partial charge on any atom is -0.317 e. The van der Waals surface area contributed by atoms with Gasteiger partial charge in [-0.05, 0) is 77.9 Å². The summed E-state index contributed by atoms with van der Waals surface area (Å²) < 4.78 is 0. The average Bonchev–Trinajstić information content (AvgIpc) is 2.91. The van der Waals surface area contributed by atoms with Crippen LogP contribution in [-0.4, -0.2) is 50.7 Å². The van der Waals surface area contributed by atoms with Crippen LogP contribution in [0.5, 0.6) is 0 Å². The first-order valence-electron chi connectivity index (χ1n) is 17.5. The molecule has 0 heterocycles. The second kappa shape index (κ2) is 33.9. The van der Waals surface area contributed by atoms with Crippen molar-refractivity contribution in [2.24, 2.45) is 0 Å². The van der Waals surface area contributed by atoms with E-state index in [0.717, 1.165) is 0 Å². The van der Waals surface area contributed by atoms with Crippen LogP contribution < -0.4 is 10.6 Å². The maximum Gasteiger partial charge on any atom is -0.000663 e. The molecule has 37 heavy (non-hydrogen) atoms. The second-order valence-electron chi connectivity index (χ2n) is 11.8. The lowest BCUT2D eigenvalue weighted by atomic mass is 10.1. The highest BCUT2D eigenvalue weighted by Crippen LogP contribution is 2.11. The molecular formula is C34H73N3. The van der Waals surface area contributed by atoms with Crippen molar-refractivity contribution in [3.63, 3.8) is 0 Å². The van der Waals surface area contributed by atoms with Crippen molar-refractivity contribution in [2.75, 3.05) is 45.8 Å². The van der Waals surface area contributed by atoms with Gasteiger partial charge in [-0.15, -0.1) is 0 Å². The molecule has 0 aromatic rings. The van der Waals surface area contributed by atoms with Gasteiger partial charge in [0.25, 0.3) is 0 Å². The highest BCUT2D eigenvalue weighted by Gasteiger charge is 2.05. The molecule has 3 nitrogen and oxygen atoms in total. The lowest BCUT2D eigenvalue weighted by Gasteiger charge is -2.22. The van der Waals surface area contributed by atoms with Gasteiger partial charge in [-0.3, -0.25) is 0 Å². The smallest absolute Gasteiger partial charge is 0.000663 e. The first kappa shape index (κ1) is 36.9. The maximum atomic E-state index is 3.71. The highest BCUT2D eigenvalue weighted by atomic mass is 15.1. The van der Waals surface area contributed by atoms with E-state index in [1.807, 2.05) is 0 Å². The summed E-state index contributed by atoms with van der Waals surface area (Å²) in [6, 6.07) is 0. The molecule has 0 aliphatic heterocycles. The maximum absolute atomic E-state index is 3.71. The van der Waals surface area contributed by atoms with E-state index in [4.69, 9.17) is 0 Å². The van der Waals surface area contributed by atoms with Gasteiger partial charge in [0.2, 0.25) is 0 Å². The quantitative estimate of drug-likeness (QED) is 0.0838. The number of unbranched alkanes of at least 4 members (excludes halogenated alkanes) is 19. The summed E-state index contributed by atoms with van der Waals surface area (Å²) >= 11 is 0. The van der Waals surface area contributed by atoms with Crippen molar-refractivity contribution in [3.8, 4) is 0 Å². The molecule has 3 heteroatoms. The lowest BCUT2D eigenvalue weighted by Crippen LogP contribution is -2.31. The van der Waals surface area contributed by atoms with Gasteiger partial charge in [0.1, 0.15) is 0 Å². The SMILES string of the molecule is CCCCCCCCCCCCN(CCCNCCCCCCCC)CCCNCCCCCCCC. The molecule has 0 unspecified atom stereocenters. The summed E-state index contributed by atoms with van der Waals surface area (Å²) in [5, 5.41) is 7.42. The standard InChI is InChI=1S/C34H73N3/c1-4-7-10-13-16-17-18-19-22-25-32-37(33-26-30-35-28-23-20-14-11-8-5-2)34-27-31-36-29-24-21-15-12-9-6-3/h35-36H,4-34H2,1-3H3. The van der Waals surface area contributed by atoms with E-state index in [1.165, 1.54) is 200 Å². The van der Waals surface area contributed by atoms with Crippen LogP contribution in [0.15, 0.2) is 0 Å². The Morgan fingerprint density at radius 1 is 0.297 bits per heavy atom. The van der Waals surface area contributed by atoms with E-state index in [0.29, 0.717) is 0 Å². The van der Waals surface area contributed by atoms with Gasteiger partial charge >= 0.3 is 0 Å². The van der Waals surface area contributed by atoms with Gasteiger partial charge in [0.05, 0.1) is 0 Å².